The van der Waals surface area contributed by atoms with E-state index in [0.29, 0.717) is 28.2 Å². The van der Waals surface area contributed by atoms with Gasteiger partial charge in [-0.25, -0.2) is 18.9 Å². The lowest BCUT2D eigenvalue weighted by molar-refractivity contribution is 0.415. The summed E-state index contributed by atoms with van der Waals surface area (Å²) in [5.41, 5.74) is 6.26. The normalized spacial score (nSPS) is 11.3. The molecule has 160 valence electrons. The summed E-state index contributed by atoms with van der Waals surface area (Å²) >= 11 is 0. The first-order chi connectivity index (χ1) is 16.2. The highest BCUT2D eigenvalue weighted by Crippen LogP contribution is 2.29. The molecule has 0 unspecified atom stereocenters. The number of aromatic amines is 1. The Balaban J connectivity index is 1.58. The molecule has 0 saturated carbocycles. The first-order valence-electron chi connectivity index (χ1n) is 10.4. The minimum Gasteiger partial charge on any atom is -0.497 e. The van der Waals surface area contributed by atoms with Crippen LogP contribution >= 0.6 is 0 Å². The third-order valence-corrected chi connectivity index (χ3v) is 5.57. The number of H-pyrrole nitrogens is 1. The van der Waals surface area contributed by atoms with Crippen molar-refractivity contribution in [2.24, 2.45) is 0 Å². The molecule has 0 spiro atoms. The Labute approximate surface area is 188 Å². The molecule has 0 fully saturated rings. The number of methoxy groups -OCH3 is 1. The first-order valence-corrected chi connectivity index (χ1v) is 10.4. The van der Waals surface area contributed by atoms with E-state index in [9.17, 15) is 4.39 Å². The minimum atomic E-state index is -0.316. The van der Waals surface area contributed by atoms with E-state index in [2.05, 4.69) is 9.97 Å². The number of fused-ring (bicyclic) bond motifs is 2. The number of hydrogen-bond acceptors (Lipinski definition) is 4. The summed E-state index contributed by atoms with van der Waals surface area (Å²) in [7, 11) is 1.64. The SMILES string of the molecule is COc1ccc(-c2cc(-c3nc4ccc(F)cc4[nH]3)nc3cc(-c4ccccc4)nn23)cc1. The lowest BCUT2D eigenvalue weighted by Gasteiger charge is -2.08. The zero-order valence-corrected chi connectivity index (χ0v) is 17.7. The molecule has 1 N–H and O–H groups in total. The molecule has 3 heterocycles. The van der Waals surface area contributed by atoms with E-state index in [4.69, 9.17) is 14.8 Å². The van der Waals surface area contributed by atoms with Gasteiger partial charge in [-0.15, -0.1) is 0 Å². The fourth-order valence-corrected chi connectivity index (χ4v) is 3.92. The maximum Gasteiger partial charge on any atom is 0.157 e. The van der Waals surface area contributed by atoms with Crippen LogP contribution in [0.4, 0.5) is 4.39 Å². The van der Waals surface area contributed by atoms with Crippen molar-refractivity contribution in [3.05, 3.63) is 90.7 Å². The van der Waals surface area contributed by atoms with Gasteiger partial charge in [0.05, 0.1) is 29.5 Å². The Morgan fingerprint density at radius 2 is 1.64 bits per heavy atom. The number of nitrogens with one attached hydrogen (secondary N) is 1. The van der Waals surface area contributed by atoms with Crippen LogP contribution in [0, 0.1) is 5.82 Å². The maximum atomic E-state index is 13.7. The lowest BCUT2D eigenvalue weighted by Crippen LogP contribution is -1.99. The third kappa shape index (κ3) is 3.40. The molecule has 0 radical (unpaired) electrons. The van der Waals surface area contributed by atoms with Gasteiger partial charge in [0.25, 0.3) is 0 Å². The number of ether oxygens (including phenoxy) is 1. The van der Waals surface area contributed by atoms with Crippen molar-refractivity contribution >= 4 is 16.7 Å². The molecule has 0 aliphatic rings. The number of imidazole rings is 1. The summed E-state index contributed by atoms with van der Waals surface area (Å²) in [5.74, 6) is 1.02. The van der Waals surface area contributed by atoms with Crippen LogP contribution in [-0.4, -0.2) is 31.7 Å². The molecule has 0 aliphatic carbocycles. The van der Waals surface area contributed by atoms with Crippen molar-refractivity contribution in [1.82, 2.24) is 24.6 Å². The van der Waals surface area contributed by atoms with Crippen LogP contribution in [0.1, 0.15) is 0 Å². The van der Waals surface area contributed by atoms with Crippen LogP contribution in [0.3, 0.4) is 0 Å². The Morgan fingerprint density at radius 1 is 0.818 bits per heavy atom. The molecule has 0 aliphatic heterocycles. The predicted octanol–water partition coefficient (Wildman–Crippen LogP) is 5.75. The molecule has 0 saturated heterocycles. The standard InChI is InChI=1S/C26H18FN5O/c1-33-19-10-7-17(8-11-19)24-14-23(26-29-20-12-9-18(27)13-22(20)30-26)28-25-15-21(31-32(24)25)16-5-3-2-4-6-16/h2-15H,1H3,(H,29,30). The quantitative estimate of drug-likeness (QED) is 0.383. The van der Waals surface area contributed by atoms with Gasteiger partial charge in [0.1, 0.15) is 17.3 Å². The van der Waals surface area contributed by atoms with E-state index < -0.39 is 0 Å². The summed E-state index contributed by atoms with van der Waals surface area (Å²) in [4.78, 5) is 12.6. The molecule has 3 aromatic carbocycles. The molecule has 3 aromatic heterocycles. The van der Waals surface area contributed by atoms with E-state index in [1.807, 2.05) is 71.2 Å². The second kappa shape index (κ2) is 7.56. The number of nitrogens with zero attached hydrogens (tertiary/aromatic N) is 4. The summed E-state index contributed by atoms with van der Waals surface area (Å²) in [6.07, 6.45) is 0. The highest BCUT2D eigenvalue weighted by molar-refractivity contribution is 5.80. The molecular weight excluding hydrogens is 417 g/mol. The van der Waals surface area contributed by atoms with Gasteiger partial charge < -0.3 is 9.72 Å². The van der Waals surface area contributed by atoms with Crippen LogP contribution in [0.5, 0.6) is 5.75 Å². The van der Waals surface area contributed by atoms with Crippen molar-refractivity contribution in [3.63, 3.8) is 0 Å². The van der Waals surface area contributed by atoms with Crippen LogP contribution < -0.4 is 4.74 Å². The first kappa shape index (κ1) is 19.2. The summed E-state index contributed by atoms with van der Waals surface area (Å²) in [6, 6.07) is 26.1. The fourth-order valence-electron chi connectivity index (χ4n) is 3.92. The van der Waals surface area contributed by atoms with Gasteiger partial charge in [0.2, 0.25) is 0 Å². The van der Waals surface area contributed by atoms with Crippen molar-refractivity contribution in [3.8, 4) is 39.8 Å². The third-order valence-electron chi connectivity index (χ3n) is 5.57. The molecule has 6 nitrogen and oxygen atoms in total. The maximum absolute atomic E-state index is 13.7. The Kier molecular flexibility index (Phi) is 4.40. The molecule has 6 aromatic rings. The molecule has 0 atom stereocenters. The van der Waals surface area contributed by atoms with Crippen LogP contribution in [0.2, 0.25) is 0 Å². The van der Waals surface area contributed by atoms with Gasteiger partial charge in [-0.2, -0.15) is 5.10 Å². The number of rotatable bonds is 4. The number of halogens is 1. The Bertz CT molecular complexity index is 1600. The smallest absolute Gasteiger partial charge is 0.157 e. The number of aromatic nitrogens is 5. The van der Waals surface area contributed by atoms with Crippen LogP contribution in [0.15, 0.2) is 84.9 Å². The van der Waals surface area contributed by atoms with Gasteiger partial charge in [0, 0.05) is 17.2 Å². The highest BCUT2D eigenvalue weighted by atomic mass is 19.1. The summed E-state index contributed by atoms with van der Waals surface area (Å²) < 4.78 is 20.8. The Morgan fingerprint density at radius 3 is 2.42 bits per heavy atom. The lowest BCUT2D eigenvalue weighted by atomic mass is 10.1. The van der Waals surface area contributed by atoms with Crippen molar-refractivity contribution in [1.29, 1.82) is 0 Å². The van der Waals surface area contributed by atoms with Crippen molar-refractivity contribution < 1.29 is 9.13 Å². The monoisotopic (exact) mass is 435 g/mol. The van der Waals surface area contributed by atoms with Crippen molar-refractivity contribution in [2.45, 2.75) is 0 Å². The number of hydrogen-bond donors (Lipinski definition) is 1. The second-order valence-electron chi connectivity index (χ2n) is 7.67. The van der Waals surface area contributed by atoms with E-state index in [0.717, 1.165) is 28.3 Å². The molecule has 0 amide bonds. The van der Waals surface area contributed by atoms with Crippen molar-refractivity contribution in [2.75, 3.05) is 7.11 Å². The fraction of sp³-hybridized carbons (Fsp3) is 0.0385. The predicted molar refractivity (Wildman–Crippen MR) is 125 cm³/mol. The average molecular weight is 435 g/mol. The summed E-state index contributed by atoms with van der Waals surface area (Å²) in [5, 5.41) is 4.83. The molecule has 0 bridgehead atoms. The van der Waals surface area contributed by atoms with E-state index >= 15 is 0 Å². The van der Waals surface area contributed by atoms with E-state index in [1.165, 1.54) is 12.1 Å². The zero-order valence-electron chi connectivity index (χ0n) is 17.7. The van der Waals surface area contributed by atoms with Crippen LogP contribution in [-0.2, 0) is 0 Å². The number of benzene rings is 3. The second-order valence-corrected chi connectivity index (χ2v) is 7.67. The van der Waals surface area contributed by atoms with E-state index in [-0.39, 0.29) is 5.82 Å². The molecule has 33 heavy (non-hydrogen) atoms. The zero-order chi connectivity index (χ0) is 22.4. The van der Waals surface area contributed by atoms with E-state index in [1.54, 1.807) is 13.2 Å². The highest BCUT2D eigenvalue weighted by Gasteiger charge is 2.16. The van der Waals surface area contributed by atoms with Gasteiger partial charge in [-0.05, 0) is 48.5 Å². The van der Waals surface area contributed by atoms with Gasteiger partial charge in [0.15, 0.2) is 11.5 Å². The molecule has 7 heteroatoms. The topological polar surface area (TPSA) is 68.1 Å². The van der Waals surface area contributed by atoms with Crippen LogP contribution in [0.25, 0.3) is 50.7 Å². The van der Waals surface area contributed by atoms with Gasteiger partial charge in [-0.1, -0.05) is 30.3 Å². The minimum absolute atomic E-state index is 0.316. The molecule has 6 rings (SSSR count). The summed E-state index contributed by atoms with van der Waals surface area (Å²) in [6.45, 7) is 0. The molecular formula is C26H18FN5O. The Hall–Kier alpha value is -4.52. The van der Waals surface area contributed by atoms with Gasteiger partial charge >= 0.3 is 0 Å². The average Bonchev–Trinajstić information content (AvgIpc) is 3.48. The van der Waals surface area contributed by atoms with Gasteiger partial charge in [-0.3, -0.25) is 0 Å². The largest absolute Gasteiger partial charge is 0.497 e.